The van der Waals surface area contributed by atoms with E-state index in [1.54, 1.807) is 0 Å². The Morgan fingerprint density at radius 3 is 1.48 bits per heavy atom. The number of hydrogen-bond acceptors (Lipinski definition) is 1. The van der Waals surface area contributed by atoms with Crippen LogP contribution in [0.25, 0.3) is 5.70 Å². The van der Waals surface area contributed by atoms with E-state index in [1.807, 2.05) is 36.8 Å². The minimum absolute atomic E-state index is 0. The van der Waals surface area contributed by atoms with Gasteiger partial charge >= 0.3 is 22.6 Å². The molecule has 0 saturated heterocycles. The third-order valence-corrected chi connectivity index (χ3v) is 4.01. The van der Waals surface area contributed by atoms with Gasteiger partial charge in [0, 0.05) is 35.6 Å². The fourth-order valence-electron chi connectivity index (χ4n) is 2.97. The Bertz CT molecular complexity index is 795. The largest absolute Gasteiger partial charge is 0.0767 e. The summed E-state index contributed by atoms with van der Waals surface area (Å²) >= 11 is 0. The SMILES string of the molecule is CC(C)N(C(=[C-]c1ccccc1)c1ccccc1)C(C)C.[C-]#[O+].[C-]#[O+].[CH]1C=CC=C1.[Fe]. The number of nitrogens with zero attached hydrogens (tertiary/aromatic N) is 1. The summed E-state index contributed by atoms with van der Waals surface area (Å²) in [6, 6.07) is 21.7. The molecular formula is C27H29FeNO2-. The van der Waals surface area contributed by atoms with Crippen LogP contribution in [-0.2, 0) is 26.4 Å². The maximum absolute atomic E-state index is 7.50. The predicted octanol–water partition coefficient (Wildman–Crippen LogP) is 6.24. The normalized spacial score (nSPS) is 11.1. The fourth-order valence-corrected chi connectivity index (χ4v) is 2.97. The Hall–Kier alpha value is -2.54. The Labute approximate surface area is 198 Å². The van der Waals surface area contributed by atoms with E-state index < -0.39 is 0 Å². The van der Waals surface area contributed by atoms with E-state index >= 15 is 0 Å². The van der Waals surface area contributed by atoms with Crippen LogP contribution in [-0.4, -0.2) is 17.0 Å². The molecule has 0 aliphatic heterocycles. The standard InChI is InChI=1S/C20H24N.C5H5.2CO.Fe/c1-16(2)21(17(3)4)20(19-13-9-6-10-14-19)15-18-11-7-5-8-12-18;1-2-4-5-3-1;2*1-2;/h5-14,16-17H,1-4H3;1-5H;;;/q-1;;;;. The second-order valence-corrected chi connectivity index (χ2v) is 6.76. The van der Waals surface area contributed by atoms with Crippen LogP contribution < -0.4 is 0 Å². The van der Waals surface area contributed by atoms with Gasteiger partial charge in [-0.1, -0.05) is 66.3 Å². The monoisotopic (exact) mass is 455 g/mol. The molecule has 0 amide bonds. The van der Waals surface area contributed by atoms with Crippen molar-refractivity contribution in [3.05, 3.63) is 122 Å². The Morgan fingerprint density at radius 1 is 0.710 bits per heavy atom. The van der Waals surface area contributed by atoms with Crippen LogP contribution in [0.5, 0.6) is 0 Å². The van der Waals surface area contributed by atoms with Crippen LogP contribution >= 0.6 is 0 Å². The van der Waals surface area contributed by atoms with Gasteiger partial charge in [0.1, 0.15) is 0 Å². The summed E-state index contributed by atoms with van der Waals surface area (Å²) in [6.45, 7) is 17.9. The first kappa shape index (κ1) is 30.7. The van der Waals surface area contributed by atoms with E-state index in [9.17, 15) is 0 Å². The molecule has 2 aromatic carbocycles. The molecule has 0 heterocycles. The van der Waals surface area contributed by atoms with Gasteiger partial charge in [0.25, 0.3) is 0 Å². The van der Waals surface area contributed by atoms with Crippen molar-refractivity contribution in [1.82, 2.24) is 4.90 Å². The van der Waals surface area contributed by atoms with Gasteiger partial charge < -0.3 is 4.90 Å². The molecule has 0 saturated carbocycles. The molecule has 1 radical (unpaired) electrons. The quantitative estimate of drug-likeness (QED) is 0.228. The number of allylic oxidation sites excluding steroid dienone is 4. The third-order valence-electron chi connectivity index (χ3n) is 4.01. The Kier molecular flexibility index (Phi) is 19.2. The average molecular weight is 455 g/mol. The first-order valence-corrected chi connectivity index (χ1v) is 9.70. The van der Waals surface area contributed by atoms with E-state index in [0.29, 0.717) is 12.1 Å². The maximum Gasteiger partial charge on any atom is 0.00506 e. The summed E-state index contributed by atoms with van der Waals surface area (Å²) < 4.78 is 15.0. The van der Waals surface area contributed by atoms with E-state index in [-0.39, 0.29) is 17.1 Å². The Balaban J connectivity index is 0. The van der Waals surface area contributed by atoms with Crippen molar-refractivity contribution in [3.8, 4) is 0 Å². The van der Waals surface area contributed by atoms with E-state index in [0.717, 1.165) is 11.3 Å². The van der Waals surface area contributed by atoms with Crippen molar-refractivity contribution < 1.29 is 26.4 Å². The van der Waals surface area contributed by atoms with Crippen LogP contribution in [0, 0.1) is 25.8 Å². The van der Waals surface area contributed by atoms with Crippen LogP contribution in [0.3, 0.4) is 0 Å². The second kappa shape index (κ2) is 19.4. The molecule has 3 rings (SSSR count). The smallest absolute Gasteiger partial charge is 0.00506 e. The molecule has 1 aliphatic rings. The minimum atomic E-state index is 0. The molecule has 0 N–H and O–H groups in total. The molecular weight excluding hydrogens is 426 g/mol. The molecule has 0 bridgehead atoms. The first-order valence-electron chi connectivity index (χ1n) is 9.70. The van der Waals surface area contributed by atoms with Gasteiger partial charge in [-0.15, -0.1) is 35.9 Å². The van der Waals surface area contributed by atoms with Crippen molar-refractivity contribution >= 4 is 5.70 Å². The molecule has 3 nitrogen and oxygen atoms in total. The van der Waals surface area contributed by atoms with Gasteiger partial charge in [0.05, 0.1) is 0 Å². The van der Waals surface area contributed by atoms with Crippen LogP contribution in [0.4, 0.5) is 0 Å². The van der Waals surface area contributed by atoms with Crippen molar-refractivity contribution in [1.29, 1.82) is 0 Å². The summed E-state index contributed by atoms with van der Waals surface area (Å²) in [6.07, 6.45) is 13.6. The predicted molar refractivity (Wildman–Crippen MR) is 121 cm³/mol. The molecule has 0 fully saturated rings. The van der Waals surface area contributed by atoms with Gasteiger partial charge in [-0.2, -0.15) is 0 Å². The number of hydrogen-bond donors (Lipinski definition) is 0. The number of rotatable bonds is 5. The summed E-state index contributed by atoms with van der Waals surface area (Å²) in [5.74, 6) is 0. The average Bonchev–Trinajstić information content (AvgIpc) is 3.37. The molecule has 4 heteroatoms. The van der Waals surface area contributed by atoms with Crippen molar-refractivity contribution in [3.63, 3.8) is 0 Å². The van der Waals surface area contributed by atoms with Crippen molar-refractivity contribution in [2.45, 2.75) is 39.8 Å². The van der Waals surface area contributed by atoms with Crippen LogP contribution in [0.15, 0.2) is 85.0 Å². The third kappa shape index (κ3) is 12.0. The molecule has 1 aliphatic carbocycles. The first-order chi connectivity index (χ1) is 14.6. The zero-order chi connectivity index (χ0) is 22.8. The van der Waals surface area contributed by atoms with Crippen LogP contribution in [0.1, 0.15) is 38.8 Å². The zero-order valence-electron chi connectivity index (χ0n) is 18.4. The van der Waals surface area contributed by atoms with E-state index in [1.165, 1.54) is 5.56 Å². The summed E-state index contributed by atoms with van der Waals surface area (Å²) in [4.78, 5) is 2.42. The van der Waals surface area contributed by atoms with Gasteiger partial charge in [-0.05, 0) is 33.4 Å². The Morgan fingerprint density at radius 2 is 1.13 bits per heavy atom. The summed E-state index contributed by atoms with van der Waals surface area (Å²) in [5.41, 5.74) is 3.48. The van der Waals surface area contributed by atoms with Crippen molar-refractivity contribution in [2.24, 2.45) is 0 Å². The fraction of sp³-hybridized carbons (Fsp3) is 0.222. The second-order valence-electron chi connectivity index (χ2n) is 6.76. The molecule has 2 aromatic rings. The molecule has 0 spiro atoms. The van der Waals surface area contributed by atoms with Gasteiger partial charge in [-0.3, -0.25) is 0 Å². The maximum atomic E-state index is 7.50. The molecule has 0 atom stereocenters. The minimum Gasteiger partial charge on any atom is -0.0767 e. The van der Waals surface area contributed by atoms with Gasteiger partial charge in [0.2, 0.25) is 0 Å². The van der Waals surface area contributed by atoms with Gasteiger partial charge in [-0.25, -0.2) is 0 Å². The van der Waals surface area contributed by atoms with Gasteiger partial charge in [0.15, 0.2) is 0 Å². The molecule has 163 valence electrons. The zero-order valence-corrected chi connectivity index (χ0v) is 19.5. The summed E-state index contributed by atoms with van der Waals surface area (Å²) in [7, 11) is 0. The van der Waals surface area contributed by atoms with E-state index in [2.05, 4.69) is 107 Å². The van der Waals surface area contributed by atoms with Crippen molar-refractivity contribution in [2.75, 3.05) is 0 Å². The van der Waals surface area contributed by atoms with Crippen LogP contribution in [0.2, 0.25) is 0 Å². The van der Waals surface area contributed by atoms with E-state index in [4.69, 9.17) is 9.30 Å². The molecule has 0 aromatic heterocycles. The summed E-state index contributed by atoms with van der Waals surface area (Å²) in [5, 5.41) is 0. The molecule has 31 heavy (non-hydrogen) atoms. The number of benzene rings is 2. The molecule has 0 unspecified atom stereocenters. The topological polar surface area (TPSA) is 43.0 Å².